The summed E-state index contributed by atoms with van der Waals surface area (Å²) in [6.07, 6.45) is 3.55. The predicted octanol–water partition coefficient (Wildman–Crippen LogP) is 0.788. The molecular formula is C10H18O4. The van der Waals surface area contributed by atoms with Crippen molar-refractivity contribution in [3.05, 3.63) is 0 Å². The number of rotatable bonds is 6. The molecule has 1 rings (SSSR count). The minimum atomic E-state index is -0.0247. The Labute approximate surface area is 84.5 Å². The summed E-state index contributed by atoms with van der Waals surface area (Å²) < 4.78 is 15.4. The highest BCUT2D eigenvalue weighted by Gasteiger charge is 2.14. The Hall–Kier alpha value is -0.450. The topological polar surface area (TPSA) is 44.8 Å². The molecule has 1 aliphatic heterocycles. The normalized spacial score (nSPS) is 22.2. The summed E-state index contributed by atoms with van der Waals surface area (Å²) in [4.78, 5) is 11.0. The van der Waals surface area contributed by atoms with Gasteiger partial charge >= 0.3 is 0 Å². The quantitative estimate of drug-likeness (QED) is 0.638. The van der Waals surface area contributed by atoms with Gasteiger partial charge in [0.05, 0.1) is 12.7 Å². The van der Waals surface area contributed by atoms with Gasteiger partial charge in [-0.1, -0.05) is 0 Å². The average Bonchev–Trinajstić information content (AvgIpc) is 2.20. The smallest absolute Gasteiger partial charge is 0.183 e. The van der Waals surface area contributed by atoms with E-state index in [1.54, 1.807) is 0 Å². The number of hydrogen-bond donors (Lipinski definition) is 0. The van der Waals surface area contributed by atoms with Crippen molar-refractivity contribution < 1.29 is 19.0 Å². The molecular weight excluding hydrogens is 184 g/mol. The molecule has 1 atom stereocenters. The highest BCUT2D eigenvalue weighted by atomic mass is 16.5. The van der Waals surface area contributed by atoms with Crippen LogP contribution < -0.4 is 0 Å². The number of ether oxygens (including phenoxy) is 3. The molecule has 4 heteroatoms. The van der Waals surface area contributed by atoms with E-state index in [1.807, 2.05) is 0 Å². The van der Waals surface area contributed by atoms with Gasteiger partial charge in [-0.2, -0.15) is 0 Å². The molecule has 0 radical (unpaired) electrons. The van der Waals surface area contributed by atoms with Crippen LogP contribution in [-0.4, -0.2) is 45.4 Å². The van der Waals surface area contributed by atoms with E-state index in [-0.39, 0.29) is 25.1 Å². The van der Waals surface area contributed by atoms with Gasteiger partial charge in [0.15, 0.2) is 5.78 Å². The van der Waals surface area contributed by atoms with Crippen LogP contribution in [0.1, 0.15) is 19.3 Å². The fourth-order valence-corrected chi connectivity index (χ4v) is 1.45. The first-order valence-corrected chi connectivity index (χ1v) is 5.03. The molecule has 1 unspecified atom stereocenters. The van der Waals surface area contributed by atoms with Crippen molar-refractivity contribution in [2.45, 2.75) is 25.4 Å². The van der Waals surface area contributed by atoms with Crippen LogP contribution in [0.15, 0.2) is 0 Å². The maximum atomic E-state index is 11.0. The summed E-state index contributed by atoms with van der Waals surface area (Å²) in [5.74, 6) is -0.0247. The lowest BCUT2D eigenvalue weighted by Gasteiger charge is -2.22. The minimum absolute atomic E-state index is 0.0247. The van der Waals surface area contributed by atoms with E-state index >= 15 is 0 Å². The number of methoxy groups -OCH3 is 1. The molecule has 14 heavy (non-hydrogen) atoms. The number of hydrogen-bond acceptors (Lipinski definition) is 4. The monoisotopic (exact) mass is 202 g/mol. The first-order chi connectivity index (χ1) is 6.83. The second kappa shape index (κ2) is 6.92. The molecule has 0 aromatic carbocycles. The lowest BCUT2D eigenvalue weighted by molar-refractivity contribution is -0.129. The molecule has 0 spiro atoms. The summed E-state index contributed by atoms with van der Waals surface area (Å²) in [7, 11) is 1.50. The van der Waals surface area contributed by atoms with Crippen LogP contribution in [0.5, 0.6) is 0 Å². The van der Waals surface area contributed by atoms with Gasteiger partial charge in [0.1, 0.15) is 13.2 Å². The van der Waals surface area contributed by atoms with Crippen LogP contribution in [-0.2, 0) is 19.0 Å². The van der Waals surface area contributed by atoms with Gasteiger partial charge in [0, 0.05) is 13.7 Å². The van der Waals surface area contributed by atoms with Crippen molar-refractivity contribution in [1.82, 2.24) is 0 Å². The lowest BCUT2D eigenvalue weighted by Crippen LogP contribution is -2.26. The van der Waals surface area contributed by atoms with Crippen LogP contribution >= 0.6 is 0 Å². The average molecular weight is 202 g/mol. The maximum Gasteiger partial charge on any atom is 0.183 e. The van der Waals surface area contributed by atoms with Crippen molar-refractivity contribution >= 4 is 5.78 Å². The van der Waals surface area contributed by atoms with Crippen molar-refractivity contribution in [3.8, 4) is 0 Å². The summed E-state index contributed by atoms with van der Waals surface area (Å²) in [5.41, 5.74) is 0. The van der Waals surface area contributed by atoms with E-state index in [1.165, 1.54) is 13.5 Å². The molecule has 1 aliphatic rings. The number of Topliss-reactive ketones (excluding diaryl/α,β-unsaturated/α-hetero) is 1. The zero-order valence-electron chi connectivity index (χ0n) is 8.66. The van der Waals surface area contributed by atoms with Crippen LogP contribution in [0.4, 0.5) is 0 Å². The SMILES string of the molecule is COCC(=O)COCC1CCCCO1. The Kier molecular flexibility index (Phi) is 5.75. The molecule has 4 nitrogen and oxygen atoms in total. The first kappa shape index (κ1) is 11.6. The number of carbonyl (C=O) groups is 1. The van der Waals surface area contributed by atoms with Gasteiger partial charge in [0.25, 0.3) is 0 Å². The Morgan fingerprint density at radius 2 is 2.29 bits per heavy atom. The van der Waals surface area contributed by atoms with Crippen molar-refractivity contribution in [1.29, 1.82) is 0 Å². The highest BCUT2D eigenvalue weighted by molar-refractivity contribution is 5.80. The predicted molar refractivity (Wildman–Crippen MR) is 51.3 cm³/mol. The lowest BCUT2D eigenvalue weighted by atomic mass is 10.1. The van der Waals surface area contributed by atoms with Gasteiger partial charge in [0.2, 0.25) is 0 Å². The van der Waals surface area contributed by atoms with Crippen LogP contribution in [0, 0.1) is 0 Å². The highest BCUT2D eigenvalue weighted by Crippen LogP contribution is 2.12. The van der Waals surface area contributed by atoms with Crippen LogP contribution in [0.25, 0.3) is 0 Å². The molecule has 0 aromatic rings. The van der Waals surface area contributed by atoms with E-state index in [0.29, 0.717) is 6.61 Å². The largest absolute Gasteiger partial charge is 0.377 e. The Bertz CT molecular complexity index is 164. The molecule has 1 saturated heterocycles. The number of ketones is 1. The second-order valence-electron chi connectivity index (χ2n) is 3.48. The van der Waals surface area contributed by atoms with Gasteiger partial charge in [-0.3, -0.25) is 4.79 Å². The summed E-state index contributed by atoms with van der Waals surface area (Å²) in [6, 6.07) is 0. The number of carbonyl (C=O) groups excluding carboxylic acids is 1. The Morgan fingerprint density at radius 1 is 1.43 bits per heavy atom. The third-order valence-corrected chi connectivity index (χ3v) is 2.15. The molecule has 0 N–H and O–H groups in total. The third-order valence-electron chi connectivity index (χ3n) is 2.15. The zero-order chi connectivity index (χ0) is 10.2. The first-order valence-electron chi connectivity index (χ1n) is 5.03. The molecule has 82 valence electrons. The summed E-state index contributed by atoms with van der Waals surface area (Å²) in [5, 5.41) is 0. The van der Waals surface area contributed by atoms with Gasteiger partial charge < -0.3 is 14.2 Å². The molecule has 0 aromatic heterocycles. The van der Waals surface area contributed by atoms with Crippen molar-refractivity contribution in [3.63, 3.8) is 0 Å². The molecule has 1 fully saturated rings. The second-order valence-corrected chi connectivity index (χ2v) is 3.48. The standard InChI is InChI=1S/C10H18O4/c1-12-6-9(11)7-13-8-10-4-2-3-5-14-10/h10H,2-8H2,1H3. The fourth-order valence-electron chi connectivity index (χ4n) is 1.45. The van der Waals surface area contributed by atoms with Gasteiger partial charge in [-0.05, 0) is 19.3 Å². The fraction of sp³-hybridized carbons (Fsp3) is 0.900. The van der Waals surface area contributed by atoms with E-state index in [2.05, 4.69) is 4.74 Å². The molecule has 0 bridgehead atoms. The van der Waals surface area contributed by atoms with E-state index in [0.717, 1.165) is 19.4 Å². The van der Waals surface area contributed by atoms with E-state index < -0.39 is 0 Å². The Morgan fingerprint density at radius 3 is 2.93 bits per heavy atom. The molecule has 1 heterocycles. The van der Waals surface area contributed by atoms with E-state index in [4.69, 9.17) is 9.47 Å². The van der Waals surface area contributed by atoms with Crippen molar-refractivity contribution in [2.24, 2.45) is 0 Å². The third kappa shape index (κ3) is 4.69. The van der Waals surface area contributed by atoms with Gasteiger partial charge in [-0.25, -0.2) is 0 Å². The van der Waals surface area contributed by atoms with Crippen LogP contribution in [0.3, 0.4) is 0 Å². The molecule has 0 saturated carbocycles. The van der Waals surface area contributed by atoms with Crippen LogP contribution in [0.2, 0.25) is 0 Å². The molecule has 0 amide bonds. The van der Waals surface area contributed by atoms with Crippen molar-refractivity contribution in [2.75, 3.05) is 33.5 Å². The van der Waals surface area contributed by atoms with Gasteiger partial charge in [-0.15, -0.1) is 0 Å². The zero-order valence-corrected chi connectivity index (χ0v) is 8.66. The summed E-state index contributed by atoms with van der Waals surface area (Å²) >= 11 is 0. The molecule has 0 aliphatic carbocycles. The Balaban J connectivity index is 1.99. The van der Waals surface area contributed by atoms with E-state index in [9.17, 15) is 4.79 Å². The summed E-state index contributed by atoms with van der Waals surface area (Å²) in [6.45, 7) is 1.61. The minimum Gasteiger partial charge on any atom is -0.377 e. The maximum absolute atomic E-state index is 11.0.